The second-order valence-corrected chi connectivity index (χ2v) is 5.78. The summed E-state index contributed by atoms with van der Waals surface area (Å²) in [6.45, 7) is 2.16. The van der Waals surface area contributed by atoms with Crippen molar-refractivity contribution in [3.05, 3.63) is 66.4 Å². The van der Waals surface area contributed by atoms with E-state index in [1.54, 1.807) is 0 Å². The van der Waals surface area contributed by atoms with Crippen LogP contribution in [0.15, 0.2) is 60.8 Å². The summed E-state index contributed by atoms with van der Waals surface area (Å²) in [5.74, 6) is 0. The molecular weight excluding hydrogens is 254 g/mol. The van der Waals surface area contributed by atoms with Gasteiger partial charge in [-0.1, -0.05) is 42.5 Å². The molecule has 0 saturated heterocycles. The molecule has 0 atom stereocenters. The number of aryl methyl sites for hydroxylation is 1. The van der Waals surface area contributed by atoms with E-state index in [0.29, 0.717) is 0 Å². The second-order valence-electron chi connectivity index (χ2n) is 5.78. The van der Waals surface area contributed by atoms with Crippen LogP contribution in [0.1, 0.15) is 5.56 Å². The largest absolute Gasteiger partial charge is 0.256 e. The summed E-state index contributed by atoms with van der Waals surface area (Å²) in [5, 5.41) is 9.08. The van der Waals surface area contributed by atoms with E-state index in [2.05, 4.69) is 61.5 Å². The molecule has 0 saturated carbocycles. The van der Waals surface area contributed by atoms with Crippen molar-refractivity contribution in [1.82, 2.24) is 4.98 Å². The van der Waals surface area contributed by atoms with Crippen molar-refractivity contribution in [3.63, 3.8) is 0 Å². The van der Waals surface area contributed by atoms with Crippen molar-refractivity contribution < 1.29 is 0 Å². The first-order valence-electron chi connectivity index (χ1n) is 7.25. The van der Waals surface area contributed by atoms with Crippen LogP contribution in [-0.2, 0) is 0 Å². The fourth-order valence-electron chi connectivity index (χ4n) is 3.65. The van der Waals surface area contributed by atoms with Gasteiger partial charge in [0.25, 0.3) is 0 Å². The highest BCUT2D eigenvalue weighted by Gasteiger charge is 2.13. The zero-order valence-electron chi connectivity index (χ0n) is 11.7. The van der Waals surface area contributed by atoms with E-state index in [0.717, 1.165) is 5.52 Å². The molecule has 5 aromatic rings. The molecule has 1 heterocycles. The second kappa shape index (κ2) is 3.70. The SMILES string of the molecule is Cc1cc2cccc3c4cccc5ccnc(c(c1)c23)c54. The maximum absolute atomic E-state index is 4.70. The van der Waals surface area contributed by atoms with E-state index in [1.165, 1.54) is 43.3 Å². The number of fused-ring (bicyclic) bond motifs is 2. The number of benzene rings is 4. The zero-order chi connectivity index (χ0) is 14.0. The fraction of sp³-hybridized carbons (Fsp3) is 0.0500. The van der Waals surface area contributed by atoms with Gasteiger partial charge in [0, 0.05) is 17.0 Å². The first-order chi connectivity index (χ1) is 10.3. The number of nitrogens with zero attached hydrogens (tertiary/aromatic N) is 1. The average molecular weight is 267 g/mol. The maximum Gasteiger partial charge on any atom is 0.0793 e. The normalized spacial score (nSPS) is 12.0. The Balaban J connectivity index is 2.29. The van der Waals surface area contributed by atoms with Crippen molar-refractivity contribution >= 4 is 43.2 Å². The lowest BCUT2D eigenvalue weighted by atomic mass is 9.91. The molecule has 0 aliphatic carbocycles. The van der Waals surface area contributed by atoms with Crippen LogP contribution in [0.5, 0.6) is 0 Å². The van der Waals surface area contributed by atoms with Crippen LogP contribution >= 0.6 is 0 Å². The van der Waals surface area contributed by atoms with Crippen LogP contribution in [0.25, 0.3) is 43.2 Å². The van der Waals surface area contributed by atoms with Gasteiger partial charge in [0.2, 0.25) is 0 Å². The fourth-order valence-corrected chi connectivity index (χ4v) is 3.65. The summed E-state index contributed by atoms with van der Waals surface area (Å²) < 4.78 is 0. The third-order valence-electron chi connectivity index (χ3n) is 4.46. The van der Waals surface area contributed by atoms with Gasteiger partial charge in [0.1, 0.15) is 0 Å². The molecule has 0 aliphatic heterocycles. The molecule has 0 N–H and O–H groups in total. The number of hydrogen-bond acceptors (Lipinski definition) is 1. The van der Waals surface area contributed by atoms with Crippen LogP contribution in [0.3, 0.4) is 0 Å². The van der Waals surface area contributed by atoms with E-state index in [1.807, 2.05) is 6.20 Å². The summed E-state index contributed by atoms with van der Waals surface area (Å²) in [6.07, 6.45) is 1.92. The molecule has 0 spiro atoms. The molecule has 1 aromatic heterocycles. The Bertz CT molecular complexity index is 1130. The molecule has 0 aliphatic rings. The van der Waals surface area contributed by atoms with E-state index in [-0.39, 0.29) is 0 Å². The summed E-state index contributed by atoms with van der Waals surface area (Å²) in [6, 6.07) is 19.7. The predicted octanol–water partition coefficient (Wildman–Crippen LogP) is 5.44. The Labute approximate surface area is 122 Å². The Kier molecular flexibility index (Phi) is 1.95. The summed E-state index contributed by atoms with van der Waals surface area (Å²) in [5.41, 5.74) is 2.41. The maximum atomic E-state index is 4.70. The topological polar surface area (TPSA) is 12.9 Å². The van der Waals surface area contributed by atoms with E-state index in [4.69, 9.17) is 4.98 Å². The molecular formula is C20H13N. The number of rotatable bonds is 0. The van der Waals surface area contributed by atoms with Crippen LogP contribution in [0, 0.1) is 6.92 Å². The van der Waals surface area contributed by atoms with E-state index >= 15 is 0 Å². The van der Waals surface area contributed by atoms with Gasteiger partial charge in [-0.25, -0.2) is 0 Å². The molecule has 0 bridgehead atoms. The van der Waals surface area contributed by atoms with Gasteiger partial charge in [-0.15, -0.1) is 0 Å². The van der Waals surface area contributed by atoms with Crippen molar-refractivity contribution in [3.8, 4) is 0 Å². The van der Waals surface area contributed by atoms with E-state index < -0.39 is 0 Å². The Morgan fingerprint density at radius 2 is 1.48 bits per heavy atom. The van der Waals surface area contributed by atoms with Gasteiger partial charge in [-0.2, -0.15) is 0 Å². The Morgan fingerprint density at radius 3 is 2.33 bits per heavy atom. The number of pyridine rings is 1. The lowest BCUT2D eigenvalue weighted by Crippen LogP contribution is -1.89. The van der Waals surface area contributed by atoms with Gasteiger partial charge in [-0.3, -0.25) is 4.98 Å². The monoisotopic (exact) mass is 267 g/mol. The minimum Gasteiger partial charge on any atom is -0.256 e. The lowest BCUT2D eigenvalue weighted by molar-refractivity contribution is 1.44. The molecule has 0 unspecified atom stereocenters. The van der Waals surface area contributed by atoms with Gasteiger partial charge in [0.15, 0.2) is 0 Å². The van der Waals surface area contributed by atoms with Gasteiger partial charge >= 0.3 is 0 Å². The Hall–Kier alpha value is -2.67. The first-order valence-corrected chi connectivity index (χ1v) is 7.25. The molecule has 0 amide bonds. The number of hydrogen-bond donors (Lipinski definition) is 0. The molecule has 5 rings (SSSR count). The van der Waals surface area contributed by atoms with Crippen molar-refractivity contribution in [1.29, 1.82) is 0 Å². The first kappa shape index (κ1) is 11.0. The summed E-state index contributed by atoms with van der Waals surface area (Å²) in [7, 11) is 0. The molecule has 98 valence electrons. The smallest absolute Gasteiger partial charge is 0.0793 e. The zero-order valence-corrected chi connectivity index (χ0v) is 11.7. The lowest BCUT2D eigenvalue weighted by Gasteiger charge is -2.13. The van der Waals surface area contributed by atoms with Gasteiger partial charge < -0.3 is 0 Å². The molecule has 0 radical (unpaired) electrons. The average Bonchev–Trinajstić information content (AvgIpc) is 2.51. The molecule has 1 nitrogen and oxygen atoms in total. The van der Waals surface area contributed by atoms with Crippen LogP contribution in [0.2, 0.25) is 0 Å². The highest BCUT2D eigenvalue weighted by atomic mass is 14.6. The predicted molar refractivity (Wildman–Crippen MR) is 90.2 cm³/mol. The minimum atomic E-state index is 1.12. The molecule has 0 fully saturated rings. The molecule has 21 heavy (non-hydrogen) atoms. The summed E-state index contributed by atoms with van der Waals surface area (Å²) >= 11 is 0. The third kappa shape index (κ3) is 1.33. The van der Waals surface area contributed by atoms with Gasteiger partial charge in [0.05, 0.1) is 5.52 Å². The highest BCUT2D eigenvalue weighted by Crippen LogP contribution is 2.39. The molecule has 4 aromatic carbocycles. The summed E-state index contributed by atoms with van der Waals surface area (Å²) in [4.78, 5) is 4.70. The van der Waals surface area contributed by atoms with Gasteiger partial charge in [-0.05, 0) is 51.6 Å². The third-order valence-corrected chi connectivity index (χ3v) is 4.46. The standard InChI is InChI=1S/C20H13N/c1-12-10-14-5-3-6-15-16-7-2-4-13-8-9-21-20(19(13)16)17(11-12)18(14)15/h2-11H,1H3. The van der Waals surface area contributed by atoms with E-state index in [9.17, 15) is 0 Å². The van der Waals surface area contributed by atoms with Crippen LogP contribution in [0.4, 0.5) is 0 Å². The number of aromatic nitrogens is 1. The van der Waals surface area contributed by atoms with Crippen molar-refractivity contribution in [2.45, 2.75) is 6.92 Å². The molecule has 1 heteroatoms. The van der Waals surface area contributed by atoms with Crippen LogP contribution in [-0.4, -0.2) is 4.98 Å². The Morgan fingerprint density at radius 1 is 0.714 bits per heavy atom. The highest BCUT2D eigenvalue weighted by molar-refractivity contribution is 6.31. The quantitative estimate of drug-likeness (QED) is 0.269. The van der Waals surface area contributed by atoms with Crippen molar-refractivity contribution in [2.24, 2.45) is 0 Å². The minimum absolute atomic E-state index is 1.12. The van der Waals surface area contributed by atoms with Crippen LogP contribution < -0.4 is 0 Å². The van der Waals surface area contributed by atoms with Crippen molar-refractivity contribution in [2.75, 3.05) is 0 Å².